The molecule has 1 aromatic carbocycles. The molecule has 0 aliphatic carbocycles. The van der Waals surface area contributed by atoms with E-state index in [0.717, 1.165) is 10.9 Å². The molecule has 2 rings (SSSR count). The number of aromatic nitrogens is 1. The van der Waals surface area contributed by atoms with Crippen LogP contribution in [0, 0.1) is 5.92 Å². The van der Waals surface area contributed by atoms with E-state index in [1.54, 1.807) is 44.3 Å². The van der Waals surface area contributed by atoms with Crippen molar-refractivity contribution in [3.8, 4) is 0 Å². The first-order valence-electron chi connectivity index (χ1n) is 12.3. The average molecular weight is 547 g/mol. The first-order chi connectivity index (χ1) is 18.3. The Bertz CT molecular complexity index is 1230. The molecule has 1 heterocycles. The van der Waals surface area contributed by atoms with Crippen LogP contribution in [0.15, 0.2) is 30.5 Å². The fourth-order valence-electron chi connectivity index (χ4n) is 3.91. The Labute approximate surface area is 223 Å². The van der Waals surface area contributed by atoms with Crippen LogP contribution in [0.3, 0.4) is 0 Å². The van der Waals surface area contributed by atoms with Crippen LogP contribution >= 0.6 is 0 Å². The van der Waals surface area contributed by atoms with Crippen LogP contribution in [0.4, 0.5) is 0 Å². The molecule has 0 aliphatic rings. The lowest BCUT2D eigenvalue weighted by molar-refractivity contribution is -0.144. The lowest BCUT2D eigenvalue weighted by Crippen LogP contribution is -2.58. The molecule has 212 valence electrons. The number of hydrogen-bond acceptors (Lipinski definition) is 7. The SMILES string of the molecule is CCC(C)C(NC(=O)C(CC(N)=O)NC(=O)C(Cc1c[nH]c2ccccc12)NC(=O)C(N)CC(=O)O)C(=O)O. The third-order valence-electron chi connectivity index (χ3n) is 6.28. The van der Waals surface area contributed by atoms with Gasteiger partial charge >= 0.3 is 11.9 Å². The number of H-pyrrole nitrogens is 1. The first-order valence-corrected chi connectivity index (χ1v) is 12.3. The largest absolute Gasteiger partial charge is 0.481 e. The van der Waals surface area contributed by atoms with Crippen LogP contribution in [0.25, 0.3) is 10.9 Å². The van der Waals surface area contributed by atoms with Gasteiger partial charge in [-0.05, 0) is 17.5 Å². The highest BCUT2D eigenvalue weighted by Gasteiger charge is 2.33. The fraction of sp³-hybridized carbons (Fsp3) is 0.440. The number of aliphatic carboxylic acids is 2. The minimum atomic E-state index is -1.55. The van der Waals surface area contributed by atoms with Crippen molar-refractivity contribution in [2.24, 2.45) is 17.4 Å². The van der Waals surface area contributed by atoms with Crippen molar-refractivity contribution in [1.82, 2.24) is 20.9 Å². The number of hydrogen-bond donors (Lipinski definition) is 8. The van der Waals surface area contributed by atoms with Crippen LogP contribution in [0.1, 0.15) is 38.7 Å². The molecule has 0 fully saturated rings. The molecule has 0 saturated carbocycles. The van der Waals surface area contributed by atoms with E-state index >= 15 is 0 Å². The summed E-state index contributed by atoms with van der Waals surface area (Å²) in [7, 11) is 0. The average Bonchev–Trinajstić information content (AvgIpc) is 3.27. The van der Waals surface area contributed by atoms with Crippen molar-refractivity contribution < 1.29 is 39.0 Å². The molecule has 4 amide bonds. The Kier molecular flexibility index (Phi) is 11.0. The number of primary amides is 1. The summed E-state index contributed by atoms with van der Waals surface area (Å²) in [6.07, 6.45) is 0.644. The Morgan fingerprint density at radius 1 is 0.923 bits per heavy atom. The maximum absolute atomic E-state index is 13.4. The number of nitrogens with two attached hydrogens (primary N) is 2. The summed E-state index contributed by atoms with van der Waals surface area (Å²) in [6, 6.07) is 1.54. The van der Waals surface area contributed by atoms with Crippen LogP contribution in [-0.2, 0) is 35.2 Å². The molecular formula is C25H34N6O8. The Morgan fingerprint density at radius 3 is 2.13 bits per heavy atom. The first kappa shape index (κ1) is 30.8. The van der Waals surface area contributed by atoms with Crippen molar-refractivity contribution >= 4 is 46.5 Å². The predicted octanol–water partition coefficient (Wildman–Crippen LogP) is -1.03. The van der Waals surface area contributed by atoms with E-state index in [2.05, 4.69) is 20.9 Å². The topological polar surface area (TPSA) is 247 Å². The molecule has 14 heteroatoms. The molecule has 1 aromatic heterocycles. The quantitative estimate of drug-likeness (QED) is 0.136. The summed E-state index contributed by atoms with van der Waals surface area (Å²) in [5.41, 5.74) is 12.3. The Balaban J connectivity index is 2.33. The summed E-state index contributed by atoms with van der Waals surface area (Å²) in [5, 5.41) is 26.3. The van der Waals surface area contributed by atoms with Gasteiger partial charge in [0.1, 0.15) is 18.1 Å². The predicted molar refractivity (Wildman–Crippen MR) is 139 cm³/mol. The van der Waals surface area contributed by atoms with Crippen LogP contribution < -0.4 is 27.4 Å². The molecule has 0 radical (unpaired) electrons. The molecule has 14 nitrogen and oxygen atoms in total. The summed E-state index contributed by atoms with van der Waals surface area (Å²) in [5.74, 6) is -6.77. The van der Waals surface area contributed by atoms with E-state index in [1.807, 2.05) is 0 Å². The van der Waals surface area contributed by atoms with E-state index in [9.17, 15) is 33.9 Å². The van der Waals surface area contributed by atoms with Gasteiger partial charge in [0.25, 0.3) is 0 Å². The molecule has 2 aromatic rings. The minimum absolute atomic E-state index is 0.0864. The number of para-hydroxylation sites is 1. The zero-order chi connectivity index (χ0) is 29.3. The second-order valence-corrected chi connectivity index (χ2v) is 9.27. The van der Waals surface area contributed by atoms with E-state index in [1.165, 1.54) is 0 Å². The minimum Gasteiger partial charge on any atom is -0.481 e. The van der Waals surface area contributed by atoms with E-state index < -0.39 is 78.5 Å². The van der Waals surface area contributed by atoms with Gasteiger partial charge in [0.05, 0.1) is 18.9 Å². The molecule has 0 bridgehead atoms. The van der Waals surface area contributed by atoms with Gasteiger partial charge in [0.15, 0.2) is 0 Å². The number of carboxylic acids is 2. The Morgan fingerprint density at radius 2 is 1.54 bits per heavy atom. The van der Waals surface area contributed by atoms with Crippen LogP contribution in [0.5, 0.6) is 0 Å². The number of fused-ring (bicyclic) bond motifs is 1. The number of amides is 4. The van der Waals surface area contributed by atoms with Gasteiger partial charge in [-0.15, -0.1) is 0 Å². The van der Waals surface area contributed by atoms with E-state index in [-0.39, 0.29) is 6.42 Å². The monoisotopic (exact) mass is 546 g/mol. The van der Waals surface area contributed by atoms with Gasteiger partial charge in [-0.25, -0.2) is 4.79 Å². The summed E-state index contributed by atoms with van der Waals surface area (Å²) < 4.78 is 0. The van der Waals surface area contributed by atoms with Gasteiger partial charge in [-0.2, -0.15) is 0 Å². The number of nitrogens with one attached hydrogen (secondary N) is 4. The lowest BCUT2D eigenvalue weighted by Gasteiger charge is -2.26. The normalized spacial score (nSPS) is 14.8. The molecule has 0 spiro atoms. The highest BCUT2D eigenvalue weighted by molar-refractivity contribution is 5.97. The van der Waals surface area contributed by atoms with Crippen molar-refractivity contribution in [3.63, 3.8) is 0 Å². The number of aromatic amines is 1. The number of carbonyl (C=O) groups is 6. The second kappa shape index (κ2) is 13.9. The lowest BCUT2D eigenvalue weighted by atomic mass is 9.98. The van der Waals surface area contributed by atoms with Crippen LogP contribution in [-0.4, -0.2) is 74.9 Å². The third-order valence-corrected chi connectivity index (χ3v) is 6.28. The zero-order valence-electron chi connectivity index (χ0n) is 21.6. The van der Waals surface area contributed by atoms with E-state index in [4.69, 9.17) is 16.6 Å². The third kappa shape index (κ3) is 8.81. The fourth-order valence-corrected chi connectivity index (χ4v) is 3.91. The van der Waals surface area contributed by atoms with Crippen LogP contribution in [0.2, 0.25) is 0 Å². The molecule has 5 atom stereocenters. The second-order valence-electron chi connectivity index (χ2n) is 9.27. The molecule has 39 heavy (non-hydrogen) atoms. The highest BCUT2D eigenvalue weighted by atomic mass is 16.4. The summed E-state index contributed by atoms with van der Waals surface area (Å²) in [6.45, 7) is 3.36. The van der Waals surface area contributed by atoms with Crippen molar-refractivity contribution in [1.29, 1.82) is 0 Å². The van der Waals surface area contributed by atoms with Gasteiger partial charge in [0, 0.05) is 23.5 Å². The van der Waals surface area contributed by atoms with Gasteiger partial charge in [-0.3, -0.25) is 24.0 Å². The number of carbonyl (C=O) groups excluding carboxylic acids is 4. The van der Waals surface area contributed by atoms with Crippen molar-refractivity contribution in [3.05, 3.63) is 36.0 Å². The number of carboxylic acid groups (broad SMARTS) is 2. The maximum Gasteiger partial charge on any atom is 0.326 e. The van der Waals surface area contributed by atoms with E-state index in [0.29, 0.717) is 12.0 Å². The highest BCUT2D eigenvalue weighted by Crippen LogP contribution is 2.19. The number of benzene rings is 1. The maximum atomic E-state index is 13.4. The summed E-state index contributed by atoms with van der Waals surface area (Å²) >= 11 is 0. The smallest absolute Gasteiger partial charge is 0.326 e. The van der Waals surface area contributed by atoms with Gasteiger partial charge in [0.2, 0.25) is 23.6 Å². The zero-order valence-corrected chi connectivity index (χ0v) is 21.6. The standard InChI is InChI=1S/C25H34N6O8/c1-3-12(2)21(25(38)39)31-24(37)18(10-19(27)32)30-23(36)17(29-22(35)15(26)9-20(33)34)8-13-11-28-16-7-5-4-6-14(13)16/h4-7,11-12,15,17-18,21,28H,3,8-10,26H2,1-2H3,(H2,27,32)(H,29,35)(H,30,36)(H,31,37)(H,33,34)(H,38,39). The van der Waals surface area contributed by atoms with Gasteiger partial charge < -0.3 is 42.6 Å². The molecule has 5 unspecified atom stereocenters. The Hall–Kier alpha value is -4.46. The molecule has 0 aliphatic heterocycles. The molecule has 0 saturated heterocycles. The number of rotatable bonds is 15. The molecular weight excluding hydrogens is 512 g/mol. The van der Waals surface area contributed by atoms with Gasteiger partial charge in [-0.1, -0.05) is 38.5 Å². The van der Waals surface area contributed by atoms with Crippen molar-refractivity contribution in [2.75, 3.05) is 0 Å². The summed E-state index contributed by atoms with van der Waals surface area (Å²) in [4.78, 5) is 76.3. The van der Waals surface area contributed by atoms with Crippen molar-refractivity contribution in [2.45, 2.75) is 63.7 Å². The molecule has 10 N–H and O–H groups in total.